The zero-order chi connectivity index (χ0) is 23.0. The van der Waals surface area contributed by atoms with E-state index in [1.54, 1.807) is 50.4 Å². The van der Waals surface area contributed by atoms with Crippen molar-refractivity contribution in [3.63, 3.8) is 0 Å². The molecule has 0 fully saturated rings. The molecule has 1 aromatic heterocycles. The molecule has 0 saturated carbocycles. The largest absolute Gasteiger partial charge is 0.497 e. The molecule has 4 rings (SSSR count). The van der Waals surface area contributed by atoms with Gasteiger partial charge in [0, 0.05) is 0 Å². The number of carbonyl (C=O) groups is 1. The van der Waals surface area contributed by atoms with Gasteiger partial charge in [-0.15, -0.1) is 0 Å². The first-order valence-electron chi connectivity index (χ1n) is 9.54. The summed E-state index contributed by atoms with van der Waals surface area (Å²) in [5.41, 5.74) is 2.01. The van der Waals surface area contributed by atoms with Crippen LogP contribution in [0, 0.1) is 0 Å². The predicted octanol–water partition coefficient (Wildman–Crippen LogP) is 3.72. The molecule has 9 heteroatoms. The zero-order valence-electron chi connectivity index (χ0n) is 17.4. The lowest BCUT2D eigenvalue weighted by atomic mass is 9.96. The Kier molecular flexibility index (Phi) is 6.24. The SMILES string of the molecule is COC(=O)C1=C(C)N=c2sc(=Cc3ccc(Cl)c(Cl)c3)c(=O)n2C1c1ccc(OC)cc1. The van der Waals surface area contributed by atoms with Gasteiger partial charge in [-0.2, -0.15) is 0 Å². The van der Waals surface area contributed by atoms with Crippen molar-refractivity contribution in [2.75, 3.05) is 14.2 Å². The fraction of sp³-hybridized carbons (Fsp3) is 0.174. The third kappa shape index (κ3) is 3.99. The van der Waals surface area contributed by atoms with E-state index in [2.05, 4.69) is 4.99 Å². The van der Waals surface area contributed by atoms with Crippen LogP contribution in [-0.2, 0) is 9.53 Å². The van der Waals surface area contributed by atoms with Crippen LogP contribution in [-0.4, -0.2) is 24.8 Å². The lowest BCUT2D eigenvalue weighted by Crippen LogP contribution is -2.39. The Morgan fingerprint density at radius 3 is 2.47 bits per heavy atom. The Hall–Kier alpha value is -2.87. The van der Waals surface area contributed by atoms with Gasteiger partial charge >= 0.3 is 5.97 Å². The summed E-state index contributed by atoms with van der Waals surface area (Å²) in [6, 6.07) is 11.7. The van der Waals surface area contributed by atoms with E-state index in [4.69, 9.17) is 32.7 Å². The van der Waals surface area contributed by atoms with Gasteiger partial charge in [-0.3, -0.25) is 9.36 Å². The number of rotatable bonds is 4. The fourth-order valence-corrected chi connectivity index (χ4v) is 4.90. The lowest BCUT2D eigenvalue weighted by Gasteiger charge is -2.24. The summed E-state index contributed by atoms with van der Waals surface area (Å²) >= 11 is 13.4. The fourth-order valence-electron chi connectivity index (χ4n) is 3.55. The van der Waals surface area contributed by atoms with Crippen molar-refractivity contribution in [2.45, 2.75) is 13.0 Å². The lowest BCUT2D eigenvalue weighted by molar-refractivity contribution is -0.136. The molecular weight excluding hydrogens is 471 g/mol. The normalized spacial score (nSPS) is 15.9. The van der Waals surface area contributed by atoms with E-state index in [0.29, 0.717) is 36.4 Å². The van der Waals surface area contributed by atoms with Gasteiger partial charge in [-0.1, -0.05) is 52.7 Å². The molecule has 1 aliphatic rings. The van der Waals surface area contributed by atoms with Gasteiger partial charge in [-0.05, 0) is 48.4 Å². The predicted molar refractivity (Wildman–Crippen MR) is 125 cm³/mol. The van der Waals surface area contributed by atoms with Crippen LogP contribution < -0.4 is 19.6 Å². The molecule has 0 bridgehead atoms. The number of ether oxygens (including phenoxy) is 2. The third-order valence-electron chi connectivity index (χ3n) is 5.10. The molecule has 0 amide bonds. The number of carbonyl (C=O) groups excluding carboxylic acids is 1. The quantitative estimate of drug-likeness (QED) is 0.524. The van der Waals surface area contributed by atoms with Gasteiger partial charge in [-0.25, -0.2) is 9.79 Å². The number of methoxy groups -OCH3 is 2. The second-order valence-corrected chi connectivity index (χ2v) is 8.84. The van der Waals surface area contributed by atoms with Crippen molar-refractivity contribution >= 4 is 46.6 Å². The van der Waals surface area contributed by atoms with Crippen molar-refractivity contribution in [2.24, 2.45) is 4.99 Å². The van der Waals surface area contributed by atoms with Crippen LogP contribution in [0.4, 0.5) is 0 Å². The second kappa shape index (κ2) is 8.94. The number of hydrogen-bond donors (Lipinski definition) is 0. The monoisotopic (exact) mass is 488 g/mol. The smallest absolute Gasteiger partial charge is 0.338 e. The van der Waals surface area contributed by atoms with E-state index < -0.39 is 12.0 Å². The standard InChI is InChI=1S/C23H18Cl2N2O4S/c1-12-19(22(29)31-3)20(14-5-7-15(30-2)8-6-14)27-21(28)18(32-23(27)26-12)11-13-4-9-16(24)17(25)10-13/h4-11,20H,1-3H3. The number of fused-ring (bicyclic) bond motifs is 1. The van der Waals surface area contributed by atoms with Crippen molar-refractivity contribution in [3.05, 3.63) is 94.6 Å². The highest BCUT2D eigenvalue weighted by Crippen LogP contribution is 2.31. The minimum absolute atomic E-state index is 0.269. The first-order valence-corrected chi connectivity index (χ1v) is 11.1. The molecule has 6 nitrogen and oxygen atoms in total. The number of halogens is 2. The molecule has 2 heterocycles. The Balaban J connectivity index is 1.95. The van der Waals surface area contributed by atoms with E-state index in [-0.39, 0.29) is 5.56 Å². The molecule has 0 spiro atoms. The number of hydrogen-bond acceptors (Lipinski definition) is 6. The van der Waals surface area contributed by atoms with E-state index in [9.17, 15) is 9.59 Å². The Morgan fingerprint density at radius 2 is 1.84 bits per heavy atom. The number of benzene rings is 2. The minimum atomic E-state index is -0.680. The second-order valence-electron chi connectivity index (χ2n) is 7.02. The average molecular weight is 489 g/mol. The first kappa shape index (κ1) is 22.3. The van der Waals surface area contributed by atoms with E-state index in [0.717, 1.165) is 11.1 Å². The summed E-state index contributed by atoms with van der Waals surface area (Å²) in [5.74, 6) is 0.131. The van der Waals surface area contributed by atoms with Crippen LogP contribution >= 0.6 is 34.5 Å². The summed E-state index contributed by atoms with van der Waals surface area (Å²) < 4.78 is 12.2. The van der Waals surface area contributed by atoms with Crippen molar-refractivity contribution in [3.8, 4) is 5.75 Å². The molecule has 0 saturated heterocycles. The number of allylic oxidation sites excluding steroid dienone is 1. The third-order valence-corrected chi connectivity index (χ3v) is 6.82. The van der Waals surface area contributed by atoms with Gasteiger partial charge in [0.05, 0.1) is 46.1 Å². The van der Waals surface area contributed by atoms with E-state index in [1.165, 1.54) is 23.0 Å². The van der Waals surface area contributed by atoms with Gasteiger partial charge in [0.15, 0.2) is 4.80 Å². The summed E-state index contributed by atoms with van der Waals surface area (Å²) in [5, 5.41) is 0.830. The number of thiazole rings is 1. The average Bonchev–Trinajstić information content (AvgIpc) is 3.09. The molecule has 3 aromatic rings. The maximum atomic E-state index is 13.5. The molecule has 1 unspecified atom stereocenters. The summed E-state index contributed by atoms with van der Waals surface area (Å²) in [6.45, 7) is 1.73. The van der Waals surface area contributed by atoms with Crippen LogP contribution in [0.5, 0.6) is 5.75 Å². The van der Waals surface area contributed by atoms with Crippen molar-refractivity contribution < 1.29 is 14.3 Å². The summed E-state index contributed by atoms with van der Waals surface area (Å²) in [4.78, 5) is 31.1. The van der Waals surface area contributed by atoms with Gasteiger partial charge < -0.3 is 9.47 Å². The van der Waals surface area contributed by atoms with Gasteiger partial charge in [0.1, 0.15) is 5.75 Å². The zero-order valence-corrected chi connectivity index (χ0v) is 19.7. The highest BCUT2D eigenvalue weighted by molar-refractivity contribution is 7.07. The van der Waals surface area contributed by atoms with Gasteiger partial charge in [0.25, 0.3) is 5.56 Å². The van der Waals surface area contributed by atoms with Gasteiger partial charge in [0.2, 0.25) is 0 Å². The molecule has 32 heavy (non-hydrogen) atoms. The van der Waals surface area contributed by atoms with Crippen LogP contribution in [0.3, 0.4) is 0 Å². The maximum Gasteiger partial charge on any atom is 0.338 e. The number of nitrogens with zero attached hydrogens (tertiary/aromatic N) is 2. The number of aromatic nitrogens is 1. The molecule has 0 aliphatic carbocycles. The van der Waals surface area contributed by atoms with Crippen molar-refractivity contribution in [1.82, 2.24) is 4.57 Å². The molecule has 1 atom stereocenters. The topological polar surface area (TPSA) is 69.9 Å². The molecule has 2 aromatic carbocycles. The first-order chi connectivity index (χ1) is 15.3. The summed E-state index contributed by atoms with van der Waals surface area (Å²) in [7, 11) is 2.88. The minimum Gasteiger partial charge on any atom is -0.497 e. The van der Waals surface area contributed by atoms with Crippen molar-refractivity contribution in [1.29, 1.82) is 0 Å². The van der Waals surface area contributed by atoms with Crippen LogP contribution in [0.1, 0.15) is 24.1 Å². The Labute approximate surface area is 197 Å². The van der Waals surface area contributed by atoms with Crippen LogP contribution in [0.15, 0.2) is 63.5 Å². The van der Waals surface area contributed by atoms with E-state index in [1.807, 2.05) is 12.1 Å². The van der Waals surface area contributed by atoms with Crippen LogP contribution in [0.25, 0.3) is 6.08 Å². The Bertz CT molecular complexity index is 1420. The summed E-state index contributed by atoms with van der Waals surface area (Å²) in [6.07, 6.45) is 1.73. The molecular formula is C23H18Cl2N2O4S. The number of esters is 1. The maximum absolute atomic E-state index is 13.5. The van der Waals surface area contributed by atoms with Crippen LogP contribution in [0.2, 0.25) is 10.0 Å². The molecule has 0 radical (unpaired) electrons. The van der Waals surface area contributed by atoms with E-state index >= 15 is 0 Å². The highest BCUT2D eigenvalue weighted by atomic mass is 35.5. The highest BCUT2D eigenvalue weighted by Gasteiger charge is 2.33. The molecule has 1 aliphatic heterocycles. The molecule has 0 N–H and O–H groups in total. The Morgan fingerprint density at radius 1 is 1.12 bits per heavy atom. The molecule has 164 valence electrons.